The number of methoxy groups -OCH3 is 1. The molecule has 1 aromatic rings. The van der Waals surface area contributed by atoms with E-state index in [1.807, 2.05) is 0 Å². The van der Waals surface area contributed by atoms with E-state index in [0.29, 0.717) is 12.2 Å². The molecule has 28 heavy (non-hydrogen) atoms. The van der Waals surface area contributed by atoms with Gasteiger partial charge in [0.25, 0.3) is 11.8 Å². The Hall–Kier alpha value is -2.62. The first kappa shape index (κ1) is 21.7. The fraction of sp³-hybridized carbons (Fsp3) is 0.500. The molecule has 0 radical (unpaired) electrons. The number of ether oxygens (including phenoxy) is 2. The summed E-state index contributed by atoms with van der Waals surface area (Å²) in [4.78, 5) is 37.8. The van der Waals surface area contributed by atoms with E-state index in [1.54, 1.807) is 24.3 Å². The normalized spacial score (nSPS) is 18.8. The van der Waals surface area contributed by atoms with Gasteiger partial charge in [-0.05, 0) is 25.5 Å². The first-order valence-electron chi connectivity index (χ1n) is 8.72. The average Bonchev–Trinajstić information content (AvgIpc) is 3.04. The third kappa shape index (κ3) is 5.44. The van der Waals surface area contributed by atoms with Crippen LogP contribution in [0.3, 0.4) is 0 Å². The number of nitrogens with one attached hydrogen (secondary N) is 1. The van der Waals surface area contributed by atoms with Gasteiger partial charge in [-0.2, -0.15) is 0 Å². The van der Waals surface area contributed by atoms with Crippen molar-refractivity contribution < 1.29 is 32.3 Å². The molecule has 1 heterocycles. The number of carbonyl (C=O) groups is 3. The lowest BCUT2D eigenvalue weighted by Crippen LogP contribution is -2.44. The first-order chi connectivity index (χ1) is 13.1. The third-order valence-corrected chi connectivity index (χ3v) is 6.25. The molecule has 2 amide bonds. The van der Waals surface area contributed by atoms with Gasteiger partial charge in [-0.1, -0.05) is 12.1 Å². The van der Waals surface area contributed by atoms with Crippen molar-refractivity contribution in [3.05, 3.63) is 29.8 Å². The molecule has 10 heteroatoms. The molecule has 0 unspecified atom stereocenters. The number of nitrogens with zero attached hydrogens (tertiary/aromatic N) is 1. The van der Waals surface area contributed by atoms with Crippen molar-refractivity contribution in [3.8, 4) is 5.75 Å². The molecular weight excluding hydrogens is 388 g/mol. The van der Waals surface area contributed by atoms with Crippen molar-refractivity contribution in [1.29, 1.82) is 0 Å². The van der Waals surface area contributed by atoms with Gasteiger partial charge in [0.1, 0.15) is 12.3 Å². The predicted molar refractivity (Wildman–Crippen MR) is 101 cm³/mol. The van der Waals surface area contributed by atoms with Crippen LogP contribution in [0.2, 0.25) is 0 Å². The molecule has 154 valence electrons. The van der Waals surface area contributed by atoms with E-state index in [2.05, 4.69) is 5.32 Å². The topological polar surface area (TPSA) is 119 Å². The highest BCUT2D eigenvalue weighted by atomic mass is 32.2. The number of esters is 1. The second kappa shape index (κ2) is 9.05. The second-order valence-electron chi connectivity index (χ2n) is 6.52. The van der Waals surface area contributed by atoms with Gasteiger partial charge in [-0.3, -0.25) is 14.4 Å². The van der Waals surface area contributed by atoms with Gasteiger partial charge in [0.05, 0.1) is 24.2 Å². The van der Waals surface area contributed by atoms with E-state index >= 15 is 0 Å². The molecule has 2 rings (SSSR count). The van der Waals surface area contributed by atoms with Crippen LogP contribution in [0.25, 0.3) is 0 Å². The fourth-order valence-corrected chi connectivity index (χ4v) is 4.69. The minimum absolute atomic E-state index is 0.0401. The Bertz CT molecular complexity index is 853. The Morgan fingerprint density at radius 3 is 2.57 bits per heavy atom. The molecule has 0 aliphatic carbocycles. The summed E-state index contributed by atoms with van der Waals surface area (Å²) in [6.07, 6.45) is -0.732. The van der Waals surface area contributed by atoms with Gasteiger partial charge in [0.2, 0.25) is 0 Å². The zero-order valence-corrected chi connectivity index (χ0v) is 16.8. The highest BCUT2D eigenvalue weighted by Gasteiger charge is 2.34. The van der Waals surface area contributed by atoms with Gasteiger partial charge < -0.3 is 19.7 Å². The maximum absolute atomic E-state index is 12.4. The lowest BCUT2D eigenvalue weighted by atomic mass is 10.2. The number of benzene rings is 1. The van der Waals surface area contributed by atoms with E-state index in [0.717, 1.165) is 0 Å². The zero-order chi connectivity index (χ0) is 20.9. The van der Waals surface area contributed by atoms with Crippen LogP contribution < -0.4 is 10.1 Å². The molecule has 2 atom stereocenters. The van der Waals surface area contributed by atoms with E-state index < -0.39 is 46.3 Å². The first-order valence-corrected chi connectivity index (χ1v) is 10.5. The molecule has 1 N–H and O–H groups in total. The van der Waals surface area contributed by atoms with Crippen LogP contribution in [-0.4, -0.2) is 75.5 Å². The number of rotatable bonds is 7. The van der Waals surface area contributed by atoms with Crippen LogP contribution in [0.5, 0.6) is 5.75 Å². The molecule has 0 saturated carbocycles. The summed E-state index contributed by atoms with van der Waals surface area (Å²) >= 11 is 0. The molecule has 1 saturated heterocycles. The van der Waals surface area contributed by atoms with Crippen LogP contribution in [0.4, 0.5) is 0 Å². The molecular formula is C18H24N2O7S. The van der Waals surface area contributed by atoms with Gasteiger partial charge in [-0.15, -0.1) is 0 Å². The van der Waals surface area contributed by atoms with Gasteiger partial charge in [-0.25, -0.2) is 8.42 Å². The zero-order valence-electron chi connectivity index (χ0n) is 16.0. The summed E-state index contributed by atoms with van der Waals surface area (Å²) in [7, 11) is -0.214. The maximum atomic E-state index is 12.4. The molecule has 1 aliphatic rings. The molecule has 1 fully saturated rings. The summed E-state index contributed by atoms with van der Waals surface area (Å²) < 4.78 is 33.3. The van der Waals surface area contributed by atoms with E-state index in [-0.39, 0.29) is 17.1 Å². The highest BCUT2D eigenvalue weighted by Crippen LogP contribution is 2.18. The molecule has 9 nitrogen and oxygen atoms in total. The Balaban J connectivity index is 1.85. The van der Waals surface area contributed by atoms with Gasteiger partial charge in [0, 0.05) is 13.1 Å². The number of hydrogen-bond acceptors (Lipinski definition) is 7. The molecule has 0 bridgehead atoms. The number of para-hydroxylation sites is 1. The van der Waals surface area contributed by atoms with Crippen LogP contribution in [-0.2, 0) is 24.2 Å². The largest absolute Gasteiger partial charge is 0.496 e. The lowest BCUT2D eigenvalue weighted by molar-refractivity contribution is -0.158. The standard InChI is InChI=1S/C18H24N2O7S/c1-12(18(23)20(2)13-8-9-28(24,25)11-13)27-16(21)10-19-17(22)14-6-4-5-7-15(14)26-3/h4-7,12-13H,8-11H2,1-3H3,(H,19,22)/t12-,13+/m1/s1. The van der Waals surface area contributed by atoms with E-state index in [9.17, 15) is 22.8 Å². The Morgan fingerprint density at radius 1 is 1.29 bits per heavy atom. The Morgan fingerprint density at radius 2 is 1.96 bits per heavy atom. The minimum atomic E-state index is -3.13. The molecule has 0 spiro atoms. The van der Waals surface area contributed by atoms with Crippen molar-refractivity contribution in [1.82, 2.24) is 10.2 Å². The smallest absolute Gasteiger partial charge is 0.326 e. The average molecular weight is 412 g/mol. The second-order valence-corrected chi connectivity index (χ2v) is 8.75. The summed E-state index contributed by atoms with van der Waals surface area (Å²) in [5, 5.41) is 2.42. The van der Waals surface area contributed by atoms with Gasteiger partial charge >= 0.3 is 5.97 Å². The van der Waals surface area contributed by atoms with E-state index in [4.69, 9.17) is 9.47 Å². The van der Waals surface area contributed by atoms with Crippen molar-refractivity contribution >= 4 is 27.6 Å². The lowest BCUT2D eigenvalue weighted by Gasteiger charge is -2.26. The third-order valence-electron chi connectivity index (χ3n) is 4.50. The number of hydrogen-bond donors (Lipinski definition) is 1. The summed E-state index contributed by atoms with van der Waals surface area (Å²) in [5.74, 6) is -1.47. The molecule has 1 aromatic carbocycles. The van der Waals surface area contributed by atoms with Crippen LogP contribution >= 0.6 is 0 Å². The number of likely N-dealkylation sites (N-methyl/N-ethyl adjacent to an activating group) is 1. The predicted octanol–water partition coefficient (Wildman–Crippen LogP) is 0.00220. The summed E-state index contributed by atoms with van der Waals surface area (Å²) in [5.41, 5.74) is 0.268. The highest BCUT2D eigenvalue weighted by molar-refractivity contribution is 7.91. The van der Waals surface area contributed by atoms with Gasteiger partial charge in [0.15, 0.2) is 15.9 Å². The molecule has 0 aromatic heterocycles. The quantitative estimate of drug-likeness (QED) is 0.626. The SMILES string of the molecule is COc1ccccc1C(=O)NCC(=O)O[C@H](C)C(=O)N(C)[C@H]1CCS(=O)(=O)C1. The number of carbonyl (C=O) groups excluding carboxylic acids is 3. The summed E-state index contributed by atoms with van der Waals surface area (Å²) in [6.45, 7) is 0.984. The van der Waals surface area contributed by atoms with Crippen LogP contribution in [0.1, 0.15) is 23.7 Å². The maximum Gasteiger partial charge on any atom is 0.326 e. The monoisotopic (exact) mass is 412 g/mol. The van der Waals surface area contributed by atoms with Crippen molar-refractivity contribution in [2.75, 3.05) is 32.2 Å². The summed E-state index contributed by atoms with van der Waals surface area (Å²) in [6, 6.07) is 6.12. The fourth-order valence-electron chi connectivity index (χ4n) is 2.92. The van der Waals surface area contributed by atoms with Crippen molar-refractivity contribution in [2.45, 2.75) is 25.5 Å². The minimum Gasteiger partial charge on any atom is -0.496 e. The Labute approximate surface area is 163 Å². The van der Waals surface area contributed by atoms with Crippen LogP contribution in [0, 0.1) is 0 Å². The van der Waals surface area contributed by atoms with Crippen molar-refractivity contribution in [3.63, 3.8) is 0 Å². The van der Waals surface area contributed by atoms with E-state index in [1.165, 1.54) is 26.0 Å². The Kier molecular flexibility index (Phi) is 7.00. The molecule has 1 aliphatic heterocycles. The number of sulfone groups is 1. The van der Waals surface area contributed by atoms with Crippen molar-refractivity contribution in [2.24, 2.45) is 0 Å². The van der Waals surface area contributed by atoms with Crippen LogP contribution in [0.15, 0.2) is 24.3 Å². The number of amides is 2.